The van der Waals surface area contributed by atoms with Crippen molar-refractivity contribution < 1.29 is 19.4 Å². The Morgan fingerprint density at radius 2 is 1.32 bits per heavy atom. The van der Waals surface area contributed by atoms with Gasteiger partial charge in [-0.15, -0.1) is 0 Å². The fourth-order valence-corrected chi connectivity index (χ4v) is 3.36. The van der Waals surface area contributed by atoms with E-state index in [4.69, 9.17) is 27.9 Å². The van der Waals surface area contributed by atoms with Crippen LogP contribution in [-0.4, -0.2) is 57.7 Å². The highest BCUT2D eigenvalue weighted by Gasteiger charge is 2.30. The molecule has 0 bridgehead atoms. The van der Waals surface area contributed by atoms with Gasteiger partial charge in [-0.3, -0.25) is 4.79 Å². The number of aliphatic hydroxyl groups excluding tert-OH is 1. The Bertz CT molecular complexity index is 1190. The highest BCUT2D eigenvalue weighted by Crippen LogP contribution is 2.32. The quantitative estimate of drug-likeness (QED) is 0.470. The Morgan fingerprint density at radius 1 is 0.882 bits per heavy atom. The van der Waals surface area contributed by atoms with Crippen molar-refractivity contribution in [3.8, 4) is 22.5 Å². The van der Waals surface area contributed by atoms with Gasteiger partial charge in [-0.2, -0.15) is 0 Å². The SMILES string of the molecule is CN(CCO)C(=O)c1nc(-c2ccc(Cl)cc2)c(-c2ccc(Cl)cc2)nc1C(=O)OC(C)(C)C. The molecule has 0 aliphatic heterocycles. The van der Waals surface area contributed by atoms with E-state index >= 15 is 0 Å². The van der Waals surface area contributed by atoms with Gasteiger partial charge < -0.3 is 14.7 Å². The summed E-state index contributed by atoms with van der Waals surface area (Å²) in [6.07, 6.45) is 0. The molecule has 9 heteroatoms. The fraction of sp³-hybridized carbons (Fsp3) is 0.280. The molecule has 0 radical (unpaired) electrons. The van der Waals surface area contributed by atoms with Crippen molar-refractivity contribution in [3.05, 3.63) is 70.0 Å². The molecule has 0 spiro atoms. The van der Waals surface area contributed by atoms with Gasteiger partial charge in [0.15, 0.2) is 11.4 Å². The predicted octanol–water partition coefficient (Wildman–Crippen LogP) is 5.14. The second kappa shape index (κ2) is 10.5. The Morgan fingerprint density at radius 3 is 1.74 bits per heavy atom. The maximum Gasteiger partial charge on any atom is 0.359 e. The van der Waals surface area contributed by atoms with Crippen LogP contribution in [0.1, 0.15) is 41.7 Å². The van der Waals surface area contributed by atoms with Gasteiger partial charge >= 0.3 is 5.97 Å². The summed E-state index contributed by atoms with van der Waals surface area (Å²) in [7, 11) is 1.51. The van der Waals surface area contributed by atoms with Crippen LogP contribution in [0, 0.1) is 0 Å². The zero-order chi connectivity index (χ0) is 25.0. The third kappa shape index (κ3) is 6.11. The molecular formula is C25H25Cl2N3O4. The van der Waals surface area contributed by atoms with Crippen molar-refractivity contribution in [1.29, 1.82) is 0 Å². The van der Waals surface area contributed by atoms with Crippen LogP contribution in [0.3, 0.4) is 0 Å². The molecule has 1 heterocycles. The van der Waals surface area contributed by atoms with Gasteiger partial charge in [0.2, 0.25) is 0 Å². The van der Waals surface area contributed by atoms with Crippen LogP contribution in [0.15, 0.2) is 48.5 Å². The molecule has 1 amide bonds. The van der Waals surface area contributed by atoms with Crippen LogP contribution in [0.2, 0.25) is 10.0 Å². The lowest BCUT2D eigenvalue weighted by Crippen LogP contribution is -2.33. The van der Waals surface area contributed by atoms with Crippen LogP contribution in [0.25, 0.3) is 22.5 Å². The predicted molar refractivity (Wildman–Crippen MR) is 132 cm³/mol. The topological polar surface area (TPSA) is 92.6 Å². The van der Waals surface area contributed by atoms with E-state index in [9.17, 15) is 14.7 Å². The molecule has 2 aromatic carbocycles. The second-order valence-corrected chi connectivity index (χ2v) is 9.46. The van der Waals surface area contributed by atoms with Crippen molar-refractivity contribution in [2.45, 2.75) is 26.4 Å². The summed E-state index contributed by atoms with van der Waals surface area (Å²) in [4.78, 5) is 36.8. The first-order valence-electron chi connectivity index (χ1n) is 10.5. The van der Waals surface area contributed by atoms with Crippen molar-refractivity contribution in [2.24, 2.45) is 0 Å². The normalized spacial score (nSPS) is 11.3. The Balaban J connectivity index is 2.31. The highest BCUT2D eigenvalue weighted by molar-refractivity contribution is 6.31. The molecule has 3 rings (SSSR count). The van der Waals surface area contributed by atoms with Crippen molar-refractivity contribution >= 4 is 35.1 Å². The first-order chi connectivity index (χ1) is 16.0. The summed E-state index contributed by atoms with van der Waals surface area (Å²) < 4.78 is 5.53. The van der Waals surface area contributed by atoms with Crippen molar-refractivity contribution in [1.82, 2.24) is 14.9 Å². The summed E-state index contributed by atoms with van der Waals surface area (Å²) in [6.45, 7) is 4.98. The number of ether oxygens (including phenoxy) is 1. The molecule has 0 aliphatic rings. The minimum absolute atomic E-state index is 0.0590. The van der Waals surface area contributed by atoms with E-state index in [1.165, 1.54) is 11.9 Å². The van der Waals surface area contributed by atoms with Crippen LogP contribution in [0.4, 0.5) is 0 Å². The minimum Gasteiger partial charge on any atom is -0.455 e. The maximum atomic E-state index is 13.2. The van der Waals surface area contributed by atoms with Gasteiger partial charge in [0, 0.05) is 34.8 Å². The number of carbonyl (C=O) groups is 2. The molecule has 0 saturated carbocycles. The van der Waals surface area contributed by atoms with Crippen LogP contribution < -0.4 is 0 Å². The number of amides is 1. The summed E-state index contributed by atoms with van der Waals surface area (Å²) in [6, 6.07) is 13.8. The second-order valence-electron chi connectivity index (χ2n) is 8.58. The fourth-order valence-electron chi connectivity index (χ4n) is 3.10. The van der Waals surface area contributed by atoms with E-state index < -0.39 is 17.5 Å². The van der Waals surface area contributed by atoms with Crippen molar-refractivity contribution in [2.75, 3.05) is 20.2 Å². The minimum atomic E-state index is -0.814. The molecule has 34 heavy (non-hydrogen) atoms. The lowest BCUT2D eigenvalue weighted by Gasteiger charge is -2.22. The van der Waals surface area contributed by atoms with Gasteiger partial charge in [0.05, 0.1) is 18.0 Å². The number of carbonyl (C=O) groups excluding carboxylic acids is 2. The Labute approximate surface area is 208 Å². The monoisotopic (exact) mass is 501 g/mol. The molecule has 0 fully saturated rings. The van der Waals surface area contributed by atoms with E-state index in [0.717, 1.165) is 0 Å². The molecule has 1 N–H and O–H groups in total. The van der Waals surface area contributed by atoms with Crippen molar-refractivity contribution in [3.63, 3.8) is 0 Å². The summed E-state index contributed by atoms with van der Waals surface area (Å²) in [5.41, 5.74) is 0.852. The smallest absolute Gasteiger partial charge is 0.359 e. The lowest BCUT2D eigenvalue weighted by atomic mass is 10.0. The average Bonchev–Trinajstić information content (AvgIpc) is 2.78. The molecular weight excluding hydrogens is 477 g/mol. The zero-order valence-corrected chi connectivity index (χ0v) is 20.8. The number of esters is 1. The van der Waals surface area contributed by atoms with E-state index in [0.29, 0.717) is 32.6 Å². The third-order valence-corrected chi connectivity index (χ3v) is 5.21. The molecule has 1 aromatic heterocycles. The average molecular weight is 502 g/mol. The highest BCUT2D eigenvalue weighted by atomic mass is 35.5. The van der Waals surface area contributed by atoms with Gasteiger partial charge in [-0.05, 0) is 45.0 Å². The first kappa shape index (κ1) is 25.6. The molecule has 0 aliphatic carbocycles. The molecule has 0 atom stereocenters. The van der Waals surface area contributed by atoms with Crippen LogP contribution in [0.5, 0.6) is 0 Å². The number of benzene rings is 2. The largest absolute Gasteiger partial charge is 0.455 e. The first-order valence-corrected chi connectivity index (χ1v) is 11.3. The number of likely N-dealkylation sites (N-methyl/N-ethyl adjacent to an activating group) is 1. The van der Waals surface area contributed by atoms with E-state index in [1.807, 2.05) is 0 Å². The summed E-state index contributed by atoms with van der Waals surface area (Å²) in [5, 5.41) is 10.4. The van der Waals surface area contributed by atoms with Gasteiger partial charge in [-0.1, -0.05) is 47.5 Å². The molecule has 7 nitrogen and oxygen atoms in total. The van der Waals surface area contributed by atoms with E-state index in [-0.39, 0.29) is 24.5 Å². The summed E-state index contributed by atoms with van der Waals surface area (Å²) >= 11 is 12.1. The van der Waals surface area contributed by atoms with Crippen LogP contribution in [-0.2, 0) is 4.74 Å². The number of nitrogens with zero attached hydrogens (tertiary/aromatic N) is 3. The zero-order valence-electron chi connectivity index (χ0n) is 19.3. The number of aliphatic hydroxyl groups is 1. The Kier molecular flexibility index (Phi) is 7.92. The Hall–Kier alpha value is -3.00. The van der Waals surface area contributed by atoms with Gasteiger partial charge in [0.25, 0.3) is 5.91 Å². The lowest BCUT2D eigenvalue weighted by molar-refractivity contribution is 0.00594. The number of hydrogen-bond donors (Lipinski definition) is 1. The number of halogens is 2. The van der Waals surface area contributed by atoms with E-state index in [1.54, 1.807) is 69.3 Å². The van der Waals surface area contributed by atoms with E-state index in [2.05, 4.69) is 9.97 Å². The summed E-state index contributed by atoms with van der Waals surface area (Å²) in [5.74, 6) is -1.35. The molecule has 178 valence electrons. The molecule has 3 aromatic rings. The molecule has 0 unspecified atom stereocenters. The standard InChI is InChI=1S/C25H25Cl2N3O4/c1-25(2,3)34-24(33)22-21(23(32)30(4)13-14-31)28-19(15-5-9-17(26)10-6-15)20(29-22)16-7-11-18(27)12-8-16/h5-12,31H,13-14H2,1-4H3. The third-order valence-electron chi connectivity index (χ3n) is 4.71. The number of hydrogen-bond acceptors (Lipinski definition) is 6. The number of aromatic nitrogens is 2. The van der Waals surface area contributed by atoms with Gasteiger partial charge in [0.1, 0.15) is 5.60 Å². The number of rotatable bonds is 6. The van der Waals surface area contributed by atoms with Crippen LogP contribution >= 0.6 is 23.2 Å². The maximum absolute atomic E-state index is 13.2. The van der Waals surface area contributed by atoms with Gasteiger partial charge in [-0.25, -0.2) is 14.8 Å². The molecule has 0 saturated heterocycles.